The number of fused-ring (bicyclic) bond motifs is 2. The highest BCUT2D eigenvalue weighted by Gasteiger charge is 2.54. The predicted molar refractivity (Wildman–Crippen MR) is 239 cm³/mol. The largest absolute Gasteiger partial charge is 0.497 e. The molecule has 0 bridgehead atoms. The number of carbonyl (C=O) groups is 5. The first-order valence-corrected chi connectivity index (χ1v) is 23.0. The van der Waals surface area contributed by atoms with Gasteiger partial charge in [0.15, 0.2) is 0 Å². The Morgan fingerprint density at radius 2 is 1.68 bits per heavy atom. The molecule has 4 aromatic rings. The molecule has 4 amide bonds. The normalized spacial score (nSPS) is 21.8. The molecule has 66 heavy (non-hydrogen) atoms. The van der Waals surface area contributed by atoms with Crippen molar-refractivity contribution in [1.29, 1.82) is 0 Å². The molecule has 1 saturated heterocycles. The molecule has 348 valence electrons. The third-order valence-corrected chi connectivity index (χ3v) is 14.8. The first-order valence-electron chi connectivity index (χ1n) is 22.7. The van der Waals surface area contributed by atoms with E-state index in [-0.39, 0.29) is 68.6 Å². The lowest BCUT2D eigenvalue weighted by atomic mass is 9.66. The first kappa shape index (κ1) is 45.2. The topological polar surface area (TPSA) is 172 Å². The summed E-state index contributed by atoms with van der Waals surface area (Å²) < 4.78 is 31.1. The van der Waals surface area contributed by atoms with Crippen LogP contribution in [0.4, 0.5) is 0 Å². The van der Waals surface area contributed by atoms with Crippen LogP contribution in [0.1, 0.15) is 107 Å². The molecule has 17 heteroatoms. The first-order chi connectivity index (χ1) is 31.8. The molecule has 0 N–H and O–H groups in total. The third-order valence-electron chi connectivity index (χ3n) is 14.4. The Balaban J connectivity index is 0.943. The molecular weight excluding hydrogens is 868 g/mol. The number of amides is 4. The molecule has 1 spiro atoms. The van der Waals surface area contributed by atoms with Gasteiger partial charge >= 0.3 is 5.97 Å². The molecule has 0 radical (unpaired) electrons. The van der Waals surface area contributed by atoms with Gasteiger partial charge in [-0.1, -0.05) is 41.8 Å². The summed E-state index contributed by atoms with van der Waals surface area (Å²) in [6, 6.07) is 15.0. The summed E-state index contributed by atoms with van der Waals surface area (Å²) >= 11 is 6.97. The summed E-state index contributed by atoms with van der Waals surface area (Å²) in [5, 5.41) is 9.15. The second-order valence-corrected chi connectivity index (χ2v) is 18.8. The van der Waals surface area contributed by atoms with Crippen molar-refractivity contribution in [3.05, 3.63) is 98.8 Å². The number of aromatic nitrogens is 3. The molecule has 5 aliphatic rings. The molecule has 3 atom stereocenters. The maximum Gasteiger partial charge on any atom is 0.312 e. The van der Waals surface area contributed by atoms with Gasteiger partial charge in [0.25, 0.3) is 11.8 Å². The zero-order valence-corrected chi connectivity index (χ0v) is 38.6. The van der Waals surface area contributed by atoms with Crippen molar-refractivity contribution in [1.82, 2.24) is 29.7 Å². The Morgan fingerprint density at radius 1 is 0.909 bits per heavy atom. The number of esters is 1. The van der Waals surface area contributed by atoms with Gasteiger partial charge in [-0.15, -0.1) is 5.10 Å². The maximum atomic E-state index is 15.3. The molecule has 3 fully saturated rings. The van der Waals surface area contributed by atoms with Crippen molar-refractivity contribution in [2.45, 2.75) is 84.2 Å². The Bertz CT molecular complexity index is 2540. The third kappa shape index (κ3) is 8.49. The smallest absolute Gasteiger partial charge is 0.312 e. The Morgan fingerprint density at radius 3 is 2.39 bits per heavy atom. The van der Waals surface area contributed by atoms with E-state index in [0.29, 0.717) is 89.1 Å². The summed E-state index contributed by atoms with van der Waals surface area (Å²) in [7, 11) is 4.86. The molecule has 3 aliphatic heterocycles. The van der Waals surface area contributed by atoms with Gasteiger partial charge in [-0.25, -0.2) is 4.68 Å². The number of carbonyl (C=O) groups excluding carboxylic acids is 5. The van der Waals surface area contributed by atoms with E-state index in [0.717, 1.165) is 36.8 Å². The van der Waals surface area contributed by atoms with Crippen molar-refractivity contribution in [3.63, 3.8) is 0 Å². The van der Waals surface area contributed by atoms with Crippen LogP contribution in [0.25, 0.3) is 0 Å². The van der Waals surface area contributed by atoms with E-state index >= 15 is 4.79 Å². The second kappa shape index (κ2) is 18.4. The maximum absolute atomic E-state index is 15.3. The van der Waals surface area contributed by atoms with E-state index < -0.39 is 23.3 Å². The van der Waals surface area contributed by atoms with E-state index in [9.17, 15) is 19.2 Å². The van der Waals surface area contributed by atoms with Crippen LogP contribution in [0.3, 0.4) is 0 Å². The monoisotopic (exact) mass is 922 g/mol. The minimum Gasteiger partial charge on any atom is -0.497 e. The number of imide groups is 1. The minimum absolute atomic E-state index is 0.00302. The van der Waals surface area contributed by atoms with E-state index in [2.05, 4.69) is 10.3 Å². The number of benzene rings is 3. The number of hydrogen-bond donors (Lipinski definition) is 0. The zero-order chi connectivity index (χ0) is 46.3. The zero-order valence-electron chi connectivity index (χ0n) is 37.8. The van der Waals surface area contributed by atoms with Crippen LogP contribution in [0.5, 0.6) is 17.2 Å². The molecule has 0 unspecified atom stereocenters. The number of hydrogen-bond acceptors (Lipinski definition) is 12. The predicted octanol–water partition coefficient (Wildman–Crippen LogP) is 6.26. The Hall–Kier alpha value is -6.00. The number of nitrogens with zero attached hydrogens (tertiary/aromatic N) is 6. The number of ether oxygens (including phenoxy) is 5. The molecule has 9 rings (SSSR count). The Labute approximate surface area is 388 Å². The second-order valence-electron chi connectivity index (χ2n) is 18.4. The highest BCUT2D eigenvalue weighted by atomic mass is 35.5. The van der Waals surface area contributed by atoms with Crippen molar-refractivity contribution >= 4 is 41.2 Å². The lowest BCUT2D eigenvalue weighted by molar-refractivity contribution is -0.169. The van der Waals surface area contributed by atoms with Crippen LogP contribution in [0, 0.1) is 16.7 Å². The highest BCUT2D eigenvalue weighted by Crippen LogP contribution is 2.54. The lowest BCUT2D eigenvalue weighted by Crippen LogP contribution is -2.53. The van der Waals surface area contributed by atoms with Crippen molar-refractivity contribution in [2.24, 2.45) is 23.8 Å². The molecule has 4 heterocycles. The van der Waals surface area contributed by atoms with Gasteiger partial charge < -0.3 is 33.5 Å². The van der Waals surface area contributed by atoms with Crippen LogP contribution in [-0.4, -0.2) is 106 Å². The van der Waals surface area contributed by atoms with Gasteiger partial charge in [-0.05, 0) is 86.4 Å². The van der Waals surface area contributed by atoms with Crippen LogP contribution < -0.4 is 14.2 Å². The van der Waals surface area contributed by atoms with Gasteiger partial charge in [0, 0.05) is 55.3 Å². The fraction of sp³-hybridized carbons (Fsp3) is 0.490. The van der Waals surface area contributed by atoms with Gasteiger partial charge in [0.05, 0.1) is 68.2 Å². The number of methoxy groups -OCH3 is 2. The quantitative estimate of drug-likeness (QED) is 0.0704. The SMILES string of the molecule is COc1ccc(COC(=O)[C@@]2(C)CCCC[C@H]2C(=O)N2CCc3c(Cl)ccc(OCc4nnn(C)c4COCCN4C(=O)c5ccccc5C4=O)c3[C@H]2CN2CC3(CC3)CC2=O)c(OC)c1. The molecular formula is C49H55ClN6O10. The van der Waals surface area contributed by atoms with Gasteiger partial charge in [-0.2, -0.15) is 0 Å². The average Bonchev–Trinajstić information content (AvgIpc) is 3.79. The van der Waals surface area contributed by atoms with Crippen molar-refractivity contribution in [2.75, 3.05) is 47.0 Å². The summed E-state index contributed by atoms with van der Waals surface area (Å²) in [6.45, 7) is 3.28. The van der Waals surface area contributed by atoms with Crippen LogP contribution in [-0.2, 0) is 57.1 Å². The van der Waals surface area contributed by atoms with Gasteiger partial charge in [0.2, 0.25) is 11.8 Å². The molecule has 3 aromatic carbocycles. The number of halogens is 1. The molecule has 2 saturated carbocycles. The average molecular weight is 923 g/mol. The summed E-state index contributed by atoms with van der Waals surface area (Å²) in [4.78, 5) is 73.9. The molecule has 2 aliphatic carbocycles. The summed E-state index contributed by atoms with van der Waals surface area (Å²) in [5.41, 5.74) is 3.03. The minimum atomic E-state index is -1.11. The number of aryl methyl sites for hydroxylation is 1. The van der Waals surface area contributed by atoms with Crippen LogP contribution >= 0.6 is 11.6 Å². The van der Waals surface area contributed by atoms with Crippen LogP contribution in [0.15, 0.2) is 54.6 Å². The number of likely N-dealkylation sites (tertiary alicyclic amines) is 1. The highest BCUT2D eigenvalue weighted by molar-refractivity contribution is 6.31. The van der Waals surface area contributed by atoms with E-state index in [1.807, 2.05) is 16.7 Å². The van der Waals surface area contributed by atoms with Gasteiger partial charge in [0.1, 0.15) is 36.2 Å². The van der Waals surface area contributed by atoms with Crippen molar-refractivity contribution < 1.29 is 47.7 Å². The van der Waals surface area contributed by atoms with E-state index in [1.54, 1.807) is 80.5 Å². The standard InChI is InChI=1S/C49H55ClN6O10/c1-48(47(61)66-26-30-12-13-31(62-3)23-41(30)63-4)17-8-7-11-35(48)46(60)55-20-16-34-36(50)14-15-40(43(34)38(55)25-54-29-49(18-19-49)24-42(54)57)65-27-37-39(53(2)52-51-37)28-64-22-21-56-44(58)32-9-5-6-10-33(32)45(56)59/h5-6,9-10,12-15,23,35,38H,7-8,11,16-22,24-29H2,1-4H3/t35-,38+,48-/m0/s1. The van der Waals surface area contributed by atoms with Crippen molar-refractivity contribution in [3.8, 4) is 17.2 Å². The fourth-order valence-corrected chi connectivity index (χ4v) is 10.6. The summed E-state index contributed by atoms with van der Waals surface area (Å²) in [5.74, 6) is -0.290. The Kier molecular flexibility index (Phi) is 12.6. The van der Waals surface area contributed by atoms with Gasteiger partial charge in [-0.3, -0.25) is 28.9 Å². The number of rotatable bonds is 16. The lowest BCUT2D eigenvalue weighted by Gasteiger charge is -2.45. The van der Waals surface area contributed by atoms with Crippen LogP contribution in [0.2, 0.25) is 5.02 Å². The fourth-order valence-electron chi connectivity index (χ4n) is 10.3. The molecule has 16 nitrogen and oxygen atoms in total. The molecule has 1 aromatic heterocycles. The van der Waals surface area contributed by atoms with E-state index in [1.165, 1.54) is 4.90 Å². The van der Waals surface area contributed by atoms with E-state index in [4.69, 9.17) is 35.3 Å². The summed E-state index contributed by atoms with van der Waals surface area (Å²) in [6.07, 6.45) is 5.46.